The Morgan fingerprint density at radius 1 is 1.22 bits per heavy atom. The lowest BCUT2D eigenvalue weighted by Gasteiger charge is -2.10. The van der Waals surface area contributed by atoms with E-state index in [1.807, 2.05) is 36.5 Å². The quantitative estimate of drug-likeness (QED) is 0.521. The number of hydrogen-bond donors (Lipinski definition) is 2. The predicted octanol–water partition coefficient (Wildman–Crippen LogP) is 4.43. The Morgan fingerprint density at radius 3 is 3.00 bits per heavy atom. The average Bonchev–Trinajstić information content (AvgIpc) is 3.02. The number of thioether (sulfide) groups is 1. The molecule has 27 heavy (non-hydrogen) atoms. The number of H-pyrrole nitrogens is 1. The van der Waals surface area contributed by atoms with Crippen molar-refractivity contribution in [3.63, 3.8) is 0 Å². The highest BCUT2D eigenvalue weighted by Gasteiger charge is 2.15. The van der Waals surface area contributed by atoms with E-state index in [-0.39, 0.29) is 11.7 Å². The van der Waals surface area contributed by atoms with Gasteiger partial charge in [-0.25, -0.2) is 4.98 Å². The number of aromatic amines is 1. The number of rotatable bonds is 4. The van der Waals surface area contributed by atoms with Gasteiger partial charge in [-0.1, -0.05) is 24.2 Å². The van der Waals surface area contributed by atoms with Crippen molar-refractivity contribution in [1.29, 1.82) is 5.26 Å². The molecule has 1 amide bonds. The highest BCUT2D eigenvalue weighted by atomic mass is 32.2. The normalized spacial score (nSPS) is 13.6. The maximum Gasteiger partial charge on any atom is 0.234 e. The summed E-state index contributed by atoms with van der Waals surface area (Å²) in [4.78, 5) is 20.2. The van der Waals surface area contributed by atoms with Crippen LogP contribution in [0.2, 0.25) is 0 Å². The summed E-state index contributed by atoms with van der Waals surface area (Å²) in [6, 6.07) is 12.0. The van der Waals surface area contributed by atoms with Gasteiger partial charge in [0.15, 0.2) is 0 Å². The minimum atomic E-state index is -0.105. The molecule has 1 aromatic carbocycles. The minimum Gasteiger partial charge on any atom is -0.361 e. The zero-order chi connectivity index (χ0) is 18.6. The van der Waals surface area contributed by atoms with Crippen molar-refractivity contribution in [2.75, 3.05) is 11.1 Å². The second kappa shape index (κ2) is 7.85. The molecule has 2 N–H and O–H groups in total. The molecular formula is C21H20N4OS. The lowest BCUT2D eigenvalue weighted by atomic mass is 10.1. The molecule has 0 bridgehead atoms. The molecule has 0 saturated heterocycles. The van der Waals surface area contributed by atoms with Crippen LogP contribution >= 0.6 is 11.8 Å². The van der Waals surface area contributed by atoms with E-state index < -0.39 is 0 Å². The molecule has 0 aliphatic heterocycles. The number of amides is 1. The van der Waals surface area contributed by atoms with Crippen LogP contribution in [0, 0.1) is 11.3 Å². The Morgan fingerprint density at radius 2 is 2.11 bits per heavy atom. The van der Waals surface area contributed by atoms with Gasteiger partial charge in [0.2, 0.25) is 5.91 Å². The molecule has 6 heteroatoms. The highest BCUT2D eigenvalue weighted by Crippen LogP contribution is 2.27. The molecule has 0 atom stereocenters. The molecule has 3 aromatic rings. The first kappa shape index (κ1) is 17.6. The fourth-order valence-corrected chi connectivity index (χ4v) is 4.21. The summed E-state index contributed by atoms with van der Waals surface area (Å²) in [5, 5.41) is 14.1. The summed E-state index contributed by atoms with van der Waals surface area (Å²) >= 11 is 1.33. The van der Waals surface area contributed by atoms with Gasteiger partial charge in [0.25, 0.3) is 0 Å². The van der Waals surface area contributed by atoms with E-state index in [9.17, 15) is 10.1 Å². The van der Waals surface area contributed by atoms with E-state index in [4.69, 9.17) is 4.98 Å². The molecule has 4 rings (SSSR count). The van der Waals surface area contributed by atoms with Crippen LogP contribution in [-0.4, -0.2) is 21.6 Å². The molecule has 2 heterocycles. The largest absolute Gasteiger partial charge is 0.361 e. The number of benzene rings is 1. The Hall–Kier alpha value is -2.78. The summed E-state index contributed by atoms with van der Waals surface area (Å²) in [5.74, 6) is 0.120. The Kier molecular flexibility index (Phi) is 5.12. The molecule has 1 aliphatic carbocycles. The standard InChI is InChI=1S/C21H20N4OS/c22-12-16-10-15-4-2-1-3-5-18(15)25-21(16)27-13-20(26)24-17-7-6-14-8-9-23-19(14)11-17/h6-11,23H,1-5,13H2,(H,24,26). The first-order valence-corrected chi connectivity index (χ1v) is 10.1. The molecule has 0 unspecified atom stereocenters. The second-order valence-corrected chi connectivity index (χ2v) is 7.70. The Balaban J connectivity index is 1.45. The van der Waals surface area contributed by atoms with Gasteiger partial charge in [0.1, 0.15) is 11.1 Å². The number of nitriles is 1. The van der Waals surface area contributed by atoms with Crippen LogP contribution in [0.5, 0.6) is 0 Å². The first-order valence-electron chi connectivity index (χ1n) is 9.15. The predicted molar refractivity (Wildman–Crippen MR) is 108 cm³/mol. The fraction of sp³-hybridized carbons (Fsp3) is 0.286. The van der Waals surface area contributed by atoms with E-state index in [0.717, 1.165) is 48.0 Å². The smallest absolute Gasteiger partial charge is 0.234 e. The van der Waals surface area contributed by atoms with Crippen molar-refractivity contribution >= 4 is 34.3 Å². The lowest BCUT2D eigenvalue weighted by Crippen LogP contribution is -2.14. The van der Waals surface area contributed by atoms with Crippen LogP contribution in [0.1, 0.15) is 36.1 Å². The van der Waals surface area contributed by atoms with Gasteiger partial charge in [-0.3, -0.25) is 4.79 Å². The van der Waals surface area contributed by atoms with Crippen LogP contribution in [0.25, 0.3) is 10.9 Å². The summed E-state index contributed by atoms with van der Waals surface area (Å²) in [6.45, 7) is 0. The summed E-state index contributed by atoms with van der Waals surface area (Å²) in [5.41, 5.74) is 4.59. The molecule has 5 nitrogen and oxygen atoms in total. The van der Waals surface area contributed by atoms with E-state index in [2.05, 4.69) is 16.4 Å². The lowest BCUT2D eigenvalue weighted by molar-refractivity contribution is -0.113. The summed E-state index contributed by atoms with van der Waals surface area (Å²) in [7, 11) is 0. The molecule has 1 aliphatic rings. The fourth-order valence-electron chi connectivity index (χ4n) is 3.44. The second-order valence-electron chi connectivity index (χ2n) is 6.74. The third-order valence-corrected chi connectivity index (χ3v) is 5.81. The van der Waals surface area contributed by atoms with Crippen molar-refractivity contribution in [2.45, 2.75) is 37.1 Å². The number of nitrogens with zero attached hydrogens (tertiary/aromatic N) is 2. The molecule has 0 radical (unpaired) electrons. The van der Waals surface area contributed by atoms with E-state index in [0.29, 0.717) is 10.6 Å². The number of fused-ring (bicyclic) bond motifs is 2. The monoisotopic (exact) mass is 376 g/mol. The zero-order valence-electron chi connectivity index (χ0n) is 14.9. The SMILES string of the molecule is N#Cc1cc2c(nc1SCC(=O)Nc1ccc3cc[nH]c3c1)CCCCC2. The van der Waals surface area contributed by atoms with Gasteiger partial charge in [-0.2, -0.15) is 5.26 Å². The van der Waals surface area contributed by atoms with Gasteiger partial charge in [0.05, 0.1) is 11.3 Å². The van der Waals surface area contributed by atoms with Crippen LogP contribution < -0.4 is 5.32 Å². The molecule has 0 saturated carbocycles. The number of carbonyl (C=O) groups excluding carboxylic acids is 1. The number of aryl methyl sites for hydroxylation is 2. The van der Waals surface area contributed by atoms with E-state index in [1.54, 1.807) is 0 Å². The third kappa shape index (κ3) is 3.99. The first-order chi connectivity index (χ1) is 13.2. The van der Waals surface area contributed by atoms with Gasteiger partial charge in [-0.05, 0) is 60.9 Å². The van der Waals surface area contributed by atoms with Crippen molar-refractivity contribution in [3.05, 3.63) is 53.3 Å². The zero-order valence-corrected chi connectivity index (χ0v) is 15.7. The van der Waals surface area contributed by atoms with Crippen LogP contribution in [0.3, 0.4) is 0 Å². The molecule has 0 spiro atoms. The van der Waals surface area contributed by atoms with Gasteiger partial charge in [-0.15, -0.1) is 0 Å². The van der Waals surface area contributed by atoms with Gasteiger partial charge < -0.3 is 10.3 Å². The molecule has 2 aromatic heterocycles. The third-order valence-electron chi connectivity index (χ3n) is 4.82. The number of pyridine rings is 1. The molecule has 0 fully saturated rings. The van der Waals surface area contributed by atoms with Gasteiger partial charge >= 0.3 is 0 Å². The van der Waals surface area contributed by atoms with Crippen LogP contribution in [0.15, 0.2) is 41.6 Å². The topological polar surface area (TPSA) is 81.6 Å². The maximum absolute atomic E-state index is 12.4. The number of aromatic nitrogens is 2. The summed E-state index contributed by atoms with van der Waals surface area (Å²) < 4.78 is 0. The van der Waals surface area contributed by atoms with Crippen LogP contribution in [-0.2, 0) is 17.6 Å². The van der Waals surface area contributed by atoms with E-state index >= 15 is 0 Å². The molecule has 136 valence electrons. The average molecular weight is 376 g/mol. The van der Waals surface area contributed by atoms with E-state index in [1.165, 1.54) is 23.7 Å². The Bertz CT molecular complexity index is 1030. The number of carbonyl (C=O) groups is 1. The number of anilines is 1. The summed E-state index contributed by atoms with van der Waals surface area (Å²) in [6.07, 6.45) is 7.31. The van der Waals surface area contributed by atoms with Crippen molar-refractivity contribution in [3.8, 4) is 6.07 Å². The maximum atomic E-state index is 12.4. The Labute approximate surface area is 162 Å². The number of hydrogen-bond acceptors (Lipinski definition) is 4. The molecular weight excluding hydrogens is 356 g/mol. The van der Waals surface area contributed by atoms with Gasteiger partial charge in [0, 0.05) is 23.1 Å². The number of nitrogens with one attached hydrogen (secondary N) is 2. The minimum absolute atomic E-state index is 0.105. The van der Waals surface area contributed by atoms with Crippen molar-refractivity contribution < 1.29 is 4.79 Å². The van der Waals surface area contributed by atoms with Crippen molar-refractivity contribution in [2.24, 2.45) is 0 Å². The van der Waals surface area contributed by atoms with Crippen molar-refractivity contribution in [1.82, 2.24) is 9.97 Å². The van der Waals surface area contributed by atoms with Crippen LogP contribution in [0.4, 0.5) is 5.69 Å². The highest BCUT2D eigenvalue weighted by molar-refractivity contribution is 8.00.